The summed E-state index contributed by atoms with van der Waals surface area (Å²) in [6.07, 6.45) is 0. The molecule has 0 atom stereocenters. The van der Waals surface area contributed by atoms with Crippen LogP contribution in [0.15, 0.2) is 243 Å². The molecule has 15 rings (SSSR count). The highest BCUT2D eigenvalue weighted by atomic mass is 32.1. The van der Waals surface area contributed by atoms with Crippen LogP contribution < -0.4 is 4.90 Å². The third kappa shape index (κ3) is 6.44. The lowest BCUT2D eigenvalue weighted by atomic mass is 9.81. The summed E-state index contributed by atoms with van der Waals surface area (Å²) in [7, 11) is 0. The van der Waals surface area contributed by atoms with Gasteiger partial charge >= 0.3 is 0 Å². The minimum absolute atomic E-state index is 0.161. The lowest BCUT2D eigenvalue weighted by molar-refractivity contribution is 0.660. The Kier molecular flexibility index (Phi) is 9.56. The van der Waals surface area contributed by atoms with Crippen LogP contribution in [0.5, 0.6) is 0 Å². The van der Waals surface area contributed by atoms with Gasteiger partial charge in [-0.05, 0) is 134 Å². The fourth-order valence-corrected chi connectivity index (χ4v) is 14.3. The Balaban J connectivity index is 0.906. The Morgan fingerprint density at radius 1 is 0.333 bits per heavy atom. The van der Waals surface area contributed by atoms with Crippen molar-refractivity contribution in [1.82, 2.24) is 4.57 Å². The maximum atomic E-state index is 2.57. The van der Waals surface area contributed by atoms with Crippen LogP contribution in [0.2, 0.25) is 0 Å². The Bertz CT molecular complexity index is 4490. The Labute approximate surface area is 442 Å². The van der Waals surface area contributed by atoms with Gasteiger partial charge in [-0.3, -0.25) is 0 Å². The van der Waals surface area contributed by atoms with Crippen LogP contribution in [0.4, 0.5) is 17.1 Å². The topological polar surface area (TPSA) is 8.17 Å². The van der Waals surface area contributed by atoms with Crippen LogP contribution in [0.3, 0.4) is 0 Å². The molecule has 0 unspecified atom stereocenters. The van der Waals surface area contributed by atoms with Gasteiger partial charge < -0.3 is 9.47 Å². The van der Waals surface area contributed by atoms with Crippen molar-refractivity contribution in [3.05, 3.63) is 265 Å². The van der Waals surface area contributed by atoms with E-state index in [9.17, 15) is 0 Å². The lowest BCUT2D eigenvalue weighted by Gasteiger charge is -2.32. The maximum Gasteiger partial charge on any atom is 0.0547 e. The monoisotopic (exact) mass is 976 g/mol. The molecular formula is C72H52N2S. The number of nitrogens with zero attached hydrogens (tertiary/aromatic N) is 2. The zero-order valence-corrected chi connectivity index (χ0v) is 43.2. The van der Waals surface area contributed by atoms with Gasteiger partial charge in [0.15, 0.2) is 0 Å². The van der Waals surface area contributed by atoms with E-state index in [1.54, 1.807) is 0 Å². The summed E-state index contributed by atoms with van der Waals surface area (Å²) in [4.78, 5) is 2.57. The quantitative estimate of drug-likeness (QED) is 0.154. The molecule has 75 heavy (non-hydrogen) atoms. The zero-order chi connectivity index (χ0) is 50.2. The SMILES string of the molecule is CC1(C)c2ccc(-c3ccccc3N(c3ccccc3-c3ccc4sc5ccccc5c4c3)c3cccc4c3-c3ccccc3C4(C)C)cc2-c2ccc(-c3cccc4c3c3ccccc3n4-c3ccccc3)cc21. The third-order valence-corrected chi connectivity index (χ3v) is 18.0. The molecule has 2 heterocycles. The van der Waals surface area contributed by atoms with E-state index < -0.39 is 0 Å². The molecule has 0 aliphatic heterocycles. The second-order valence-electron chi connectivity index (χ2n) is 21.6. The fraction of sp³-hybridized carbons (Fsp3) is 0.0833. The summed E-state index contributed by atoms with van der Waals surface area (Å²) >= 11 is 1.87. The van der Waals surface area contributed by atoms with Crippen LogP contribution >= 0.6 is 11.3 Å². The van der Waals surface area contributed by atoms with E-state index in [1.807, 2.05) is 11.3 Å². The summed E-state index contributed by atoms with van der Waals surface area (Å²) in [6.45, 7) is 9.57. The highest BCUT2D eigenvalue weighted by molar-refractivity contribution is 7.25. The number of anilines is 3. The average molecular weight is 977 g/mol. The number of rotatable bonds is 7. The number of thiophene rings is 1. The fourth-order valence-electron chi connectivity index (χ4n) is 13.2. The molecule has 356 valence electrons. The molecule has 0 spiro atoms. The molecule has 0 radical (unpaired) electrons. The predicted octanol–water partition coefficient (Wildman–Crippen LogP) is 20.2. The van der Waals surface area contributed by atoms with Crippen molar-refractivity contribution >= 4 is 70.4 Å². The summed E-state index contributed by atoms with van der Waals surface area (Å²) in [5, 5.41) is 5.15. The second-order valence-corrected chi connectivity index (χ2v) is 22.7. The molecule has 2 aliphatic carbocycles. The molecule has 0 fully saturated rings. The largest absolute Gasteiger partial charge is 0.309 e. The molecule has 13 aromatic rings. The summed E-state index contributed by atoms with van der Waals surface area (Å²) in [5.74, 6) is 0. The molecule has 2 aliphatic rings. The molecular weight excluding hydrogens is 925 g/mol. The van der Waals surface area contributed by atoms with E-state index in [0.717, 1.165) is 11.4 Å². The van der Waals surface area contributed by atoms with Crippen molar-refractivity contribution in [2.45, 2.75) is 38.5 Å². The van der Waals surface area contributed by atoms with E-state index in [2.05, 4.69) is 280 Å². The molecule has 0 amide bonds. The third-order valence-electron chi connectivity index (χ3n) is 16.8. The first-order valence-corrected chi connectivity index (χ1v) is 27.1. The highest BCUT2D eigenvalue weighted by Gasteiger charge is 2.39. The van der Waals surface area contributed by atoms with E-state index in [0.29, 0.717) is 0 Å². The smallest absolute Gasteiger partial charge is 0.0547 e. The molecule has 0 saturated carbocycles. The number of benzene rings is 11. The maximum absolute atomic E-state index is 2.57. The first-order valence-electron chi connectivity index (χ1n) is 26.2. The standard InChI is InChI=1S/C72H52N2S/c1-71(2)58-28-13-8-25-54(58)70-60(71)29-19-34-66(70)74(63-31-15-10-23-50(63)46-38-41-68-57(43-46)53-24-12-17-35-67(53)75-68)62-30-14-9-22-49(62)45-37-40-59-56(42-45)52-39-36-47(44-61(52)72(59,3)4)51-27-18-33-65-69(51)55-26-11-16-32-64(55)73(65)48-20-6-5-7-21-48/h5-44H,1-4H3. The van der Waals surface area contributed by atoms with Gasteiger partial charge in [0.1, 0.15) is 0 Å². The van der Waals surface area contributed by atoms with Crippen molar-refractivity contribution in [1.29, 1.82) is 0 Å². The van der Waals surface area contributed by atoms with Crippen LogP contribution in [0.1, 0.15) is 49.9 Å². The Morgan fingerprint density at radius 2 is 0.880 bits per heavy atom. The van der Waals surface area contributed by atoms with E-state index in [-0.39, 0.29) is 10.8 Å². The number of fused-ring (bicyclic) bond motifs is 12. The van der Waals surface area contributed by atoms with Crippen molar-refractivity contribution in [2.75, 3.05) is 4.90 Å². The normalized spacial score (nSPS) is 13.8. The second kappa shape index (κ2) is 16.4. The predicted molar refractivity (Wildman–Crippen MR) is 320 cm³/mol. The summed E-state index contributed by atoms with van der Waals surface area (Å²) in [6, 6.07) is 90.9. The molecule has 0 N–H and O–H groups in total. The van der Waals surface area contributed by atoms with Crippen LogP contribution in [-0.2, 0) is 10.8 Å². The van der Waals surface area contributed by atoms with E-state index in [1.165, 1.54) is 131 Å². The number of para-hydroxylation sites is 4. The van der Waals surface area contributed by atoms with Crippen molar-refractivity contribution in [3.8, 4) is 61.3 Å². The first kappa shape index (κ1) is 43.8. The van der Waals surface area contributed by atoms with Crippen molar-refractivity contribution in [2.24, 2.45) is 0 Å². The highest BCUT2D eigenvalue weighted by Crippen LogP contribution is 2.57. The van der Waals surface area contributed by atoms with Crippen LogP contribution in [-0.4, -0.2) is 4.57 Å². The zero-order valence-electron chi connectivity index (χ0n) is 42.4. The Morgan fingerprint density at radius 3 is 1.69 bits per heavy atom. The first-order chi connectivity index (χ1) is 36.7. The minimum atomic E-state index is -0.213. The van der Waals surface area contributed by atoms with E-state index in [4.69, 9.17) is 0 Å². The van der Waals surface area contributed by atoms with Gasteiger partial charge in [0.05, 0.1) is 28.1 Å². The molecule has 2 aromatic heterocycles. The molecule has 0 bridgehead atoms. The Hall–Kier alpha value is -8.76. The van der Waals surface area contributed by atoms with Gasteiger partial charge in [-0.2, -0.15) is 0 Å². The van der Waals surface area contributed by atoms with Gasteiger partial charge in [-0.25, -0.2) is 0 Å². The number of hydrogen-bond acceptors (Lipinski definition) is 2. The van der Waals surface area contributed by atoms with Crippen LogP contribution in [0.25, 0.3) is 103 Å². The number of aromatic nitrogens is 1. The lowest BCUT2D eigenvalue weighted by Crippen LogP contribution is -2.16. The minimum Gasteiger partial charge on any atom is -0.309 e. The molecule has 0 saturated heterocycles. The van der Waals surface area contributed by atoms with Gasteiger partial charge in [-0.15, -0.1) is 11.3 Å². The molecule has 3 heteroatoms. The van der Waals surface area contributed by atoms with Gasteiger partial charge in [-0.1, -0.05) is 198 Å². The van der Waals surface area contributed by atoms with Gasteiger partial charge in [0.2, 0.25) is 0 Å². The van der Waals surface area contributed by atoms with Crippen molar-refractivity contribution in [3.63, 3.8) is 0 Å². The van der Waals surface area contributed by atoms with E-state index >= 15 is 0 Å². The molecule has 11 aromatic carbocycles. The summed E-state index contributed by atoms with van der Waals surface area (Å²) in [5.41, 5.74) is 24.6. The average Bonchev–Trinajstić information content (AvgIpc) is 4.14. The van der Waals surface area contributed by atoms with Gasteiger partial charge in [0, 0.05) is 64.2 Å². The summed E-state index contributed by atoms with van der Waals surface area (Å²) < 4.78 is 5.04. The molecule has 2 nitrogen and oxygen atoms in total. The van der Waals surface area contributed by atoms with Crippen LogP contribution in [0, 0.1) is 0 Å². The van der Waals surface area contributed by atoms with Crippen molar-refractivity contribution < 1.29 is 0 Å². The number of hydrogen-bond donors (Lipinski definition) is 0. The van der Waals surface area contributed by atoms with Gasteiger partial charge in [0.25, 0.3) is 0 Å².